The molecule has 3 aromatic carbocycles. The second kappa shape index (κ2) is 10.7. The monoisotopic (exact) mass is 530 g/mol. The molecule has 0 aromatic heterocycles. The molecule has 198 valence electrons. The number of amides is 1. The summed E-state index contributed by atoms with van der Waals surface area (Å²) in [6.45, 7) is 14.1. The van der Waals surface area contributed by atoms with E-state index in [-0.39, 0.29) is 16.7 Å². The van der Waals surface area contributed by atoms with Gasteiger partial charge in [-0.25, -0.2) is 0 Å². The molecule has 1 amide bonds. The lowest BCUT2D eigenvalue weighted by Crippen LogP contribution is -2.29. The van der Waals surface area contributed by atoms with Gasteiger partial charge in [-0.15, -0.1) is 0 Å². The minimum atomic E-state index is -0.808. The maximum Gasteiger partial charge on any atom is 0.300 e. The van der Waals surface area contributed by atoms with Crippen LogP contribution in [0.2, 0.25) is 5.02 Å². The number of nitrogens with zero attached hydrogens (tertiary/aromatic N) is 2. The third-order valence-corrected chi connectivity index (χ3v) is 7.46. The predicted molar refractivity (Wildman–Crippen MR) is 156 cm³/mol. The summed E-state index contributed by atoms with van der Waals surface area (Å²) >= 11 is 6.27. The standard InChI is InChI=1S/C32H35ClN2O3/c1-7-34(8-2)24-16-13-21(14-17-24)28-27(29(36)26-18-22(32(4,5)6)15-12-20(26)3)30(37)31(38)35(28)25-11-9-10-23(33)19-25/h9-19,28,36H,7-8H2,1-6H3/b29-27+. The maximum absolute atomic E-state index is 13.6. The van der Waals surface area contributed by atoms with Crippen LogP contribution in [0.25, 0.3) is 5.76 Å². The SMILES string of the molecule is CCN(CC)c1ccc(C2/C(=C(\O)c3cc(C(C)(C)C)ccc3C)C(=O)C(=O)N2c2cccc(Cl)c2)cc1. The zero-order chi connectivity index (χ0) is 27.8. The molecule has 1 saturated heterocycles. The number of ketones is 1. The van der Waals surface area contributed by atoms with E-state index in [2.05, 4.69) is 39.5 Å². The molecule has 1 aliphatic heterocycles. The number of rotatable bonds is 6. The van der Waals surface area contributed by atoms with Crippen molar-refractivity contribution in [1.82, 2.24) is 0 Å². The molecule has 1 atom stereocenters. The topological polar surface area (TPSA) is 60.9 Å². The largest absolute Gasteiger partial charge is 0.507 e. The van der Waals surface area contributed by atoms with Gasteiger partial charge in [0, 0.05) is 35.1 Å². The van der Waals surface area contributed by atoms with Crippen LogP contribution < -0.4 is 9.80 Å². The van der Waals surface area contributed by atoms with Crippen molar-refractivity contribution in [3.05, 3.63) is 99.6 Å². The van der Waals surface area contributed by atoms with E-state index in [1.807, 2.05) is 49.4 Å². The van der Waals surface area contributed by atoms with Crippen LogP contribution in [-0.4, -0.2) is 29.9 Å². The van der Waals surface area contributed by atoms with E-state index in [1.54, 1.807) is 24.3 Å². The summed E-state index contributed by atoms with van der Waals surface area (Å²) in [4.78, 5) is 30.7. The lowest BCUT2D eigenvalue weighted by Gasteiger charge is -2.27. The second-order valence-corrected chi connectivity index (χ2v) is 11.1. The first-order valence-corrected chi connectivity index (χ1v) is 13.4. The number of aryl methyl sites for hydroxylation is 1. The lowest BCUT2D eigenvalue weighted by atomic mass is 9.84. The van der Waals surface area contributed by atoms with Gasteiger partial charge in [0.05, 0.1) is 11.6 Å². The quantitative estimate of drug-likeness (QED) is 0.205. The van der Waals surface area contributed by atoms with E-state index in [4.69, 9.17) is 11.6 Å². The molecule has 0 aliphatic carbocycles. The Kier molecular flexibility index (Phi) is 7.70. The summed E-state index contributed by atoms with van der Waals surface area (Å²) in [6.07, 6.45) is 0. The molecule has 3 aromatic rings. The van der Waals surface area contributed by atoms with E-state index in [1.165, 1.54) is 4.90 Å². The summed E-state index contributed by atoms with van der Waals surface area (Å²) in [6, 6.07) is 19.8. The van der Waals surface area contributed by atoms with Crippen molar-refractivity contribution in [2.75, 3.05) is 22.9 Å². The van der Waals surface area contributed by atoms with Crippen LogP contribution in [0, 0.1) is 6.92 Å². The highest BCUT2D eigenvalue weighted by Crippen LogP contribution is 2.43. The fourth-order valence-electron chi connectivity index (χ4n) is 4.99. The predicted octanol–water partition coefficient (Wildman–Crippen LogP) is 7.42. The molecule has 1 fully saturated rings. The molecule has 38 heavy (non-hydrogen) atoms. The first-order valence-electron chi connectivity index (χ1n) is 13.0. The molecule has 1 heterocycles. The second-order valence-electron chi connectivity index (χ2n) is 10.7. The van der Waals surface area contributed by atoms with E-state index >= 15 is 0 Å². The Hall–Kier alpha value is -3.57. The van der Waals surface area contributed by atoms with Crippen LogP contribution in [-0.2, 0) is 15.0 Å². The third-order valence-electron chi connectivity index (χ3n) is 7.23. The van der Waals surface area contributed by atoms with Crippen LogP contribution in [0.15, 0.2) is 72.3 Å². The van der Waals surface area contributed by atoms with Crippen molar-refractivity contribution in [3.63, 3.8) is 0 Å². The minimum Gasteiger partial charge on any atom is -0.507 e. The summed E-state index contributed by atoms with van der Waals surface area (Å²) in [5.74, 6) is -1.59. The molecule has 0 bridgehead atoms. The minimum absolute atomic E-state index is 0.0692. The first-order chi connectivity index (χ1) is 18.0. The average molecular weight is 531 g/mol. The molecule has 4 rings (SSSR count). The zero-order valence-corrected chi connectivity index (χ0v) is 23.6. The molecule has 1 unspecified atom stereocenters. The van der Waals surface area contributed by atoms with Crippen molar-refractivity contribution < 1.29 is 14.7 Å². The zero-order valence-electron chi connectivity index (χ0n) is 22.9. The van der Waals surface area contributed by atoms with Gasteiger partial charge in [-0.3, -0.25) is 14.5 Å². The highest BCUT2D eigenvalue weighted by Gasteiger charge is 2.47. The highest BCUT2D eigenvalue weighted by molar-refractivity contribution is 6.51. The highest BCUT2D eigenvalue weighted by atomic mass is 35.5. The van der Waals surface area contributed by atoms with Gasteiger partial charge in [-0.2, -0.15) is 0 Å². The van der Waals surface area contributed by atoms with E-state index in [9.17, 15) is 14.7 Å². The summed E-state index contributed by atoms with van der Waals surface area (Å²) in [7, 11) is 0. The van der Waals surface area contributed by atoms with Crippen molar-refractivity contribution in [3.8, 4) is 0 Å². The Morgan fingerprint density at radius 2 is 1.63 bits per heavy atom. The van der Waals surface area contributed by atoms with Gasteiger partial charge in [0.15, 0.2) is 0 Å². The van der Waals surface area contributed by atoms with E-state index in [0.29, 0.717) is 16.3 Å². The smallest absolute Gasteiger partial charge is 0.300 e. The van der Waals surface area contributed by atoms with E-state index in [0.717, 1.165) is 35.5 Å². The molecule has 0 saturated carbocycles. The number of benzene rings is 3. The van der Waals surface area contributed by atoms with Crippen LogP contribution >= 0.6 is 11.6 Å². The Morgan fingerprint density at radius 3 is 2.21 bits per heavy atom. The summed E-state index contributed by atoms with van der Waals surface area (Å²) < 4.78 is 0. The van der Waals surface area contributed by atoms with Gasteiger partial charge in [-0.05, 0) is 79.3 Å². The molecule has 0 radical (unpaired) electrons. The van der Waals surface area contributed by atoms with E-state index < -0.39 is 17.7 Å². The normalized spacial score (nSPS) is 17.2. The van der Waals surface area contributed by atoms with Gasteiger partial charge in [0.2, 0.25) is 0 Å². The van der Waals surface area contributed by atoms with Crippen molar-refractivity contribution in [2.24, 2.45) is 0 Å². The molecular weight excluding hydrogens is 496 g/mol. The summed E-state index contributed by atoms with van der Waals surface area (Å²) in [5, 5.41) is 12.1. The molecule has 1 N–H and O–H groups in total. The number of Topliss-reactive ketones (excluding diaryl/α,β-unsaturated/α-hetero) is 1. The van der Waals surface area contributed by atoms with Gasteiger partial charge in [0.25, 0.3) is 11.7 Å². The number of carbonyl (C=O) groups excluding carboxylic acids is 2. The molecule has 1 aliphatic rings. The number of halogens is 1. The van der Waals surface area contributed by atoms with Crippen molar-refractivity contribution in [2.45, 2.75) is 53.0 Å². The average Bonchev–Trinajstić information content (AvgIpc) is 3.14. The van der Waals surface area contributed by atoms with Gasteiger partial charge in [-0.1, -0.05) is 62.7 Å². The Labute approximate surface area is 230 Å². The third kappa shape index (κ3) is 5.08. The van der Waals surface area contributed by atoms with Crippen molar-refractivity contribution in [1.29, 1.82) is 0 Å². The Balaban J connectivity index is 1.95. The van der Waals surface area contributed by atoms with Crippen LogP contribution in [0.1, 0.15) is 62.9 Å². The van der Waals surface area contributed by atoms with Crippen LogP contribution in [0.3, 0.4) is 0 Å². The van der Waals surface area contributed by atoms with Gasteiger partial charge in [0.1, 0.15) is 5.76 Å². The van der Waals surface area contributed by atoms with Crippen LogP contribution in [0.5, 0.6) is 0 Å². The molecule has 6 heteroatoms. The fourth-order valence-corrected chi connectivity index (χ4v) is 5.17. The number of aliphatic hydroxyl groups excluding tert-OH is 1. The number of carbonyl (C=O) groups is 2. The van der Waals surface area contributed by atoms with Gasteiger partial charge < -0.3 is 10.0 Å². The first kappa shape index (κ1) is 27.5. The lowest BCUT2D eigenvalue weighted by molar-refractivity contribution is -0.132. The van der Waals surface area contributed by atoms with Crippen molar-refractivity contribution >= 4 is 40.4 Å². The molecule has 0 spiro atoms. The number of hydrogen-bond acceptors (Lipinski definition) is 4. The number of aliphatic hydroxyl groups is 1. The van der Waals surface area contributed by atoms with Crippen LogP contribution in [0.4, 0.5) is 11.4 Å². The molecule has 5 nitrogen and oxygen atoms in total. The Morgan fingerprint density at radius 1 is 0.974 bits per heavy atom. The molecular formula is C32H35ClN2O3. The van der Waals surface area contributed by atoms with Gasteiger partial charge >= 0.3 is 0 Å². The summed E-state index contributed by atoms with van der Waals surface area (Å²) in [5.41, 5.74) is 4.57. The Bertz CT molecular complexity index is 1400. The fraction of sp³-hybridized carbons (Fsp3) is 0.312. The number of hydrogen-bond donors (Lipinski definition) is 1. The maximum atomic E-state index is 13.6. The number of anilines is 2.